The number of halogens is 3. The van der Waals surface area contributed by atoms with Crippen LogP contribution in [-0.4, -0.2) is 9.97 Å². The van der Waals surface area contributed by atoms with Gasteiger partial charge in [-0.2, -0.15) is 13.2 Å². The van der Waals surface area contributed by atoms with Gasteiger partial charge in [-0.15, -0.1) is 0 Å². The van der Waals surface area contributed by atoms with E-state index in [9.17, 15) is 13.2 Å². The molecule has 0 bridgehead atoms. The average molecular weight is 280 g/mol. The van der Waals surface area contributed by atoms with E-state index >= 15 is 0 Å². The number of hydrogen-bond donors (Lipinski definition) is 0. The molecule has 0 amide bonds. The lowest BCUT2D eigenvalue weighted by Crippen LogP contribution is -2.10. The highest BCUT2D eigenvalue weighted by Gasteiger charge is 2.32. The summed E-state index contributed by atoms with van der Waals surface area (Å²) in [4.78, 5) is 7.16. The van der Waals surface area contributed by atoms with Crippen LogP contribution in [0.5, 0.6) is 0 Å². The Morgan fingerprint density at radius 2 is 1.50 bits per heavy atom. The highest BCUT2D eigenvalue weighted by atomic mass is 19.4. The van der Waals surface area contributed by atoms with Crippen molar-refractivity contribution in [3.8, 4) is 11.3 Å². The minimum atomic E-state index is -4.46. The van der Waals surface area contributed by atoms with Crippen molar-refractivity contribution in [2.24, 2.45) is 0 Å². The molecule has 0 unspecified atom stereocenters. The standard InChI is InChI=1S/C15H15F3N2/c1-14(2,3)11-6-4-10(5-7-11)12-8-13(15(16,17)18)20-9-19-12/h4-9H,1-3H3. The highest BCUT2D eigenvalue weighted by molar-refractivity contribution is 5.59. The lowest BCUT2D eigenvalue weighted by molar-refractivity contribution is -0.141. The van der Waals surface area contributed by atoms with Crippen LogP contribution in [0.25, 0.3) is 11.3 Å². The van der Waals surface area contributed by atoms with Crippen molar-refractivity contribution < 1.29 is 13.2 Å². The second-order valence-corrected chi connectivity index (χ2v) is 5.61. The number of rotatable bonds is 1. The summed E-state index contributed by atoms with van der Waals surface area (Å²) >= 11 is 0. The Balaban J connectivity index is 2.38. The van der Waals surface area contributed by atoms with Crippen LogP contribution in [0.15, 0.2) is 36.7 Å². The van der Waals surface area contributed by atoms with Gasteiger partial charge < -0.3 is 0 Å². The minimum Gasteiger partial charge on any atom is -0.236 e. The Kier molecular flexibility index (Phi) is 3.54. The molecule has 2 rings (SSSR count). The summed E-state index contributed by atoms with van der Waals surface area (Å²) in [6, 6.07) is 8.34. The molecule has 0 saturated carbocycles. The Bertz CT molecular complexity index is 596. The molecule has 1 aromatic carbocycles. The molecule has 0 aliphatic rings. The second-order valence-electron chi connectivity index (χ2n) is 5.61. The Morgan fingerprint density at radius 3 is 2.00 bits per heavy atom. The van der Waals surface area contributed by atoms with Crippen LogP contribution < -0.4 is 0 Å². The molecule has 1 heterocycles. The Morgan fingerprint density at radius 1 is 0.900 bits per heavy atom. The monoisotopic (exact) mass is 280 g/mol. The molecular weight excluding hydrogens is 265 g/mol. The van der Waals surface area contributed by atoms with Gasteiger partial charge in [-0.05, 0) is 17.0 Å². The van der Waals surface area contributed by atoms with Gasteiger partial charge in [0.25, 0.3) is 0 Å². The molecule has 1 aromatic heterocycles. The van der Waals surface area contributed by atoms with Gasteiger partial charge in [-0.1, -0.05) is 45.0 Å². The number of aromatic nitrogens is 2. The first kappa shape index (κ1) is 14.5. The van der Waals surface area contributed by atoms with Crippen LogP contribution in [0.3, 0.4) is 0 Å². The van der Waals surface area contributed by atoms with E-state index in [4.69, 9.17) is 0 Å². The molecule has 106 valence electrons. The highest BCUT2D eigenvalue weighted by Crippen LogP contribution is 2.30. The fourth-order valence-electron chi connectivity index (χ4n) is 1.81. The smallest absolute Gasteiger partial charge is 0.236 e. The lowest BCUT2D eigenvalue weighted by Gasteiger charge is -2.19. The molecule has 0 aliphatic heterocycles. The van der Waals surface area contributed by atoms with E-state index in [2.05, 4.69) is 30.7 Å². The topological polar surface area (TPSA) is 25.8 Å². The van der Waals surface area contributed by atoms with Crippen molar-refractivity contribution in [3.63, 3.8) is 0 Å². The van der Waals surface area contributed by atoms with E-state index in [1.165, 1.54) is 0 Å². The van der Waals surface area contributed by atoms with Crippen molar-refractivity contribution in [2.45, 2.75) is 32.4 Å². The summed E-state index contributed by atoms with van der Waals surface area (Å²) in [5, 5.41) is 0. The zero-order valence-electron chi connectivity index (χ0n) is 11.5. The molecule has 2 nitrogen and oxygen atoms in total. The predicted octanol–water partition coefficient (Wildman–Crippen LogP) is 4.46. The SMILES string of the molecule is CC(C)(C)c1ccc(-c2cc(C(F)(F)F)ncn2)cc1. The van der Waals surface area contributed by atoms with Gasteiger partial charge in [0.2, 0.25) is 0 Å². The molecule has 0 N–H and O–H groups in total. The van der Waals surface area contributed by atoms with Crippen molar-refractivity contribution in [3.05, 3.63) is 47.9 Å². The number of hydrogen-bond acceptors (Lipinski definition) is 2. The third kappa shape index (κ3) is 3.15. The summed E-state index contributed by atoms with van der Waals surface area (Å²) in [6.07, 6.45) is -3.52. The summed E-state index contributed by atoms with van der Waals surface area (Å²) in [5.41, 5.74) is 1.11. The van der Waals surface area contributed by atoms with E-state index in [1.807, 2.05) is 12.1 Å². The predicted molar refractivity (Wildman–Crippen MR) is 71.2 cm³/mol. The molecular formula is C15H15F3N2. The van der Waals surface area contributed by atoms with Crippen molar-refractivity contribution in [1.82, 2.24) is 9.97 Å². The summed E-state index contributed by atoms with van der Waals surface area (Å²) < 4.78 is 37.8. The molecule has 0 atom stereocenters. The largest absolute Gasteiger partial charge is 0.433 e. The zero-order valence-corrected chi connectivity index (χ0v) is 11.5. The molecule has 0 spiro atoms. The van der Waals surface area contributed by atoms with Gasteiger partial charge in [0.1, 0.15) is 12.0 Å². The maximum Gasteiger partial charge on any atom is 0.433 e. The van der Waals surface area contributed by atoms with Gasteiger partial charge in [-0.25, -0.2) is 9.97 Å². The van der Waals surface area contributed by atoms with Crippen molar-refractivity contribution in [2.75, 3.05) is 0 Å². The Hall–Kier alpha value is -1.91. The van der Waals surface area contributed by atoms with E-state index in [1.54, 1.807) is 12.1 Å². The number of nitrogens with zero attached hydrogens (tertiary/aromatic N) is 2. The van der Waals surface area contributed by atoms with Crippen molar-refractivity contribution in [1.29, 1.82) is 0 Å². The van der Waals surface area contributed by atoms with Crippen LogP contribution in [0.4, 0.5) is 13.2 Å². The van der Waals surface area contributed by atoms with Crippen LogP contribution in [0, 0.1) is 0 Å². The van der Waals surface area contributed by atoms with Crippen LogP contribution >= 0.6 is 0 Å². The van der Waals surface area contributed by atoms with E-state index in [-0.39, 0.29) is 11.1 Å². The molecule has 0 saturated heterocycles. The molecule has 0 aliphatic carbocycles. The normalized spacial score (nSPS) is 12.5. The summed E-state index contributed by atoms with van der Waals surface area (Å²) in [6.45, 7) is 6.23. The first-order valence-corrected chi connectivity index (χ1v) is 6.18. The van der Waals surface area contributed by atoms with Gasteiger partial charge in [-0.3, -0.25) is 0 Å². The first-order valence-electron chi connectivity index (χ1n) is 6.18. The summed E-state index contributed by atoms with van der Waals surface area (Å²) in [7, 11) is 0. The molecule has 0 radical (unpaired) electrons. The summed E-state index contributed by atoms with van der Waals surface area (Å²) in [5.74, 6) is 0. The fourth-order valence-corrected chi connectivity index (χ4v) is 1.81. The maximum absolute atomic E-state index is 12.6. The Labute approximate surface area is 115 Å². The number of benzene rings is 1. The van der Waals surface area contributed by atoms with Gasteiger partial charge in [0.05, 0.1) is 5.69 Å². The zero-order chi connectivity index (χ0) is 15.0. The lowest BCUT2D eigenvalue weighted by atomic mass is 9.86. The third-order valence-electron chi connectivity index (χ3n) is 3.00. The van der Waals surface area contributed by atoms with E-state index in [0.29, 0.717) is 5.56 Å². The van der Waals surface area contributed by atoms with Crippen LogP contribution in [0.1, 0.15) is 32.0 Å². The number of alkyl halides is 3. The average Bonchev–Trinajstić information content (AvgIpc) is 2.37. The van der Waals surface area contributed by atoms with Crippen LogP contribution in [-0.2, 0) is 11.6 Å². The third-order valence-corrected chi connectivity index (χ3v) is 3.00. The molecule has 5 heteroatoms. The quantitative estimate of drug-likeness (QED) is 0.770. The molecule has 0 fully saturated rings. The van der Waals surface area contributed by atoms with Gasteiger partial charge in [0, 0.05) is 5.56 Å². The van der Waals surface area contributed by atoms with Gasteiger partial charge in [0.15, 0.2) is 0 Å². The second kappa shape index (κ2) is 4.89. The first-order chi connectivity index (χ1) is 9.18. The van der Waals surface area contributed by atoms with E-state index in [0.717, 1.165) is 18.0 Å². The van der Waals surface area contributed by atoms with Crippen LogP contribution in [0.2, 0.25) is 0 Å². The fraction of sp³-hybridized carbons (Fsp3) is 0.333. The molecule has 2 aromatic rings. The minimum absolute atomic E-state index is 0.00132. The van der Waals surface area contributed by atoms with Gasteiger partial charge >= 0.3 is 6.18 Å². The van der Waals surface area contributed by atoms with Crippen molar-refractivity contribution >= 4 is 0 Å². The van der Waals surface area contributed by atoms with E-state index < -0.39 is 11.9 Å². The molecule has 20 heavy (non-hydrogen) atoms. The maximum atomic E-state index is 12.6.